The lowest BCUT2D eigenvalue weighted by molar-refractivity contribution is 0.174. The van der Waals surface area contributed by atoms with Crippen LogP contribution in [0.2, 0.25) is 0 Å². The summed E-state index contributed by atoms with van der Waals surface area (Å²) in [4.78, 5) is 0. The van der Waals surface area contributed by atoms with Gasteiger partial charge in [-0.25, -0.2) is 0 Å². The van der Waals surface area contributed by atoms with Gasteiger partial charge in [0, 0.05) is 5.88 Å². The molecule has 0 spiro atoms. The van der Waals surface area contributed by atoms with Gasteiger partial charge in [0.15, 0.2) is 11.5 Å². The van der Waals surface area contributed by atoms with Crippen molar-refractivity contribution in [1.82, 2.24) is 0 Å². The third kappa shape index (κ3) is 1.58. The highest BCUT2D eigenvalue weighted by Gasteiger charge is 2.15. The quantitative estimate of drug-likeness (QED) is 0.698. The van der Waals surface area contributed by atoms with Gasteiger partial charge in [-0.3, -0.25) is 0 Å². The van der Waals surface area contributed by atoms with Gasteiger partial charge in [-0.15, -0.1) is 11.6 Å². The van der Waals surface area contributed by atoms with E-state index in [1.54, 1.807) is 0 Å². The summed E-state index contributed by atoms with van der Waals surface area (Å²) in [6, 6.07) is 3.89. The lowest BCUT2D eigenvalue weighted by Crippen LogP contribution is -1.92. The van der Waals surface area contributed by atoms with E-state index in [-0.39, 0.29) is 0 Å². The number of rotatable bonds is 2. The maximum absolute atomic E-state index is 5.84. The topological polar surface area (TPSA) is 18.5 Å². The third-order valence-electron chi connectivity index (χ3n) is 2.12. The van der Waals surface area contributed by atoms with Crippen molar-refractivity contribution >= 4 is 17.7 Å². The molecular weight excluding hydrogens is 200 g/mol. The molecule has 0 N–H and O–H groups in total. The van der Waals surface area contributed by atoms with Crippen molar-refractivity contribution in [2.75, 3.05) is 6.79 Å². The summed E-state index contributed by atoms with van der Waals surface area (Å²) >= 11 is 5.84. The van der Waals surface area contributed by atoms with Crippen molar-refractivity contribution in [3.8, 4) is 11.5 Å². The average molecular weight is 211 g/mol. The molecular formula is C11H11ClO2. The van der Waals surface area contributed by atoms with Crippen LogP contribution in [0.3, 0.4) is 0 Å². The molecule has 14 heavy (non-hydrogen) atoms. The van der Waals surface area contributed by atoms with Crippen LogP contribution in [0.25, 0.3) is 6.08 Å². The Bertz CT molecular complexity index is 372. The fraction of sp³-hybridized carbons (Fsp3) is 0.273. The van der Waals surface area contributed by atoms with Crippen LogP contribution in [0.5, 0.6) is 11.5 Å². The summed E-state index contributed by atoms with van der Waals surface area (Å²) in [6.07, 6.45) is 3.99. The van der Waals surface area contributed by atoms with E-state index < -0.39 is 0 Å². The number of hydrogen-bond donors (Lipinski definition) is 0. The highest BCUT2D eigenvalue weighted by atomic mass is 35.5. The van der Waals surface area contributed by atoms with Crippen LogP contribution >= 0.6 is 11.6 Å². The minimum atomic E-state index is 0.302. The number of fused-ring (bicyclic) bond motifs is 1. The molecule has 2 nitrogen and oxygen atoms in total. The minimum absolute atomic E-state index is 0.302. The van der Waals surface area contributed by atoms with Gasteiger partial charge in [-0.05, 0) is 30.2 Å². The average Bonchev–Trinajstić information content (AvgIpc) is 2.64. The van der Waals surface area contributed by atoms with Crippen molar-refractivity contribution in [3.63, 3.8) is 0 Å². The Morgan fingerprint density at radius 2 is 2.07 bits per heavy atom. The van der Waals surface area contributed by atoms with Crippen LogP contribution in [0.1, 0.15) is 18.1 Å². The molecule has 1 heterocycles. The Kier molecular flexibility index (Phi) is 2.64. The first-order valence-corrected chi connectivity index (χ1v) is 4.99. The molecule has 0 saturated heterocycles. The Morgan fingerprint density at radius 1 is 1.36 bits per heavy atom. The Hall–Kier alpha value is -1.15. The first-order valence-electron chi connectivity index (χ1n) is 4.46. The van der Waals surface area contributed by atoms with Gasteiger partial charge in [0.1, 0.15) is 0 Å². The number of ether oxygens (including phenoxy) is 2. The van der Waals surface area contributed by atoms with E-state index in [4.69, 9.17) is 21.1 Å². The lowest BCUT2D eigenvalue weighted by atomic mass is 10.1. The number of allylic oxidation sites excluding steroid dienone is 1. The molecule has 2 rings (SSSR count). The van der Waals surface area contributed by atoms with Gasteiger partial charge < -0.3 is 9.47 Å². The molecule has 0 atom stereocenters. The molecule has 0 radical (unpaired) electrons. The Labute approximate surface area is 88.1 Å². The first kappa shape index (κ1) is 9.41. The van der Waals surface area contributed by atoms with Crippen LogP contribution in [0, 0.1) is 0 Å². The molecule has 74 valence electrons. The van der Waals surface area contributed by atoms with Crippen molar-refractivity contribution in [2.24, 2.45) is 0 Å². The zero-order valence-corrected chi connectivity index (χ0v) is 8.67. The Morgan fingerprint density at radius 3 is 2.71 bits per heavy atom. The highest BCUT2D eigenvalue weighted by Crippen LogP contribution is 2.35. The monoisotopic (exact) mass is 210 g/mol. The van der Waals surface area contributed by atoms with Gasteiger partial charge in [0.25, 0.3) is 0 Å². The van der Waals surface area contributed by atoms with Crippen LogP contribution in [0.4, 0.5) is 0 Å². The fourth-order valence-corrected chi connectivity index (χ4v) is 1.68. The Balaban J connectivity index is 2.48. The predicted octanol–water partition coefficient (Wildman–Crippen LogP) is 3.19. The van der Waals surface area contributed by atoms with E-state index in [1.807, 2.05) is 31.2 Å². The zero-order valence-electron chi connectivity index (χ0n) is 7.92. The molecule has 3 heteroatoms. The molecule has 0 saturated carbocycles. The van der Waals surface area contributed by atoms with Crippen molar-refractivity contribution in [3.05, 3.63) is 29.3 Å². The van der Waals surface area contributed by atoms with E-state index in [9.17, 15) is 0 Å². The molecule has 0 aliphatic carbocycles. The summed E-state index contributed by atoms with van der Waals surface area (Å²) in [5.74, 6) is 2.07. The van der Waals surface area contributed by atoms with Gasteiger partial charge >= 0.3 is 0 Å². The second kappa shape index (κ2) is 3.93. The number of alkyl halides is 1. The molecule has 1 aliphatic rings. The maximum Gasteiger partial charge on any atom is 0.231 e. The minimum Gasteiger partial charge on any atom is -0.454 e. The molecule has 0 amide bonds. The van der Waals surface area contributed by atoms with Crippen LogP contribution < -0.4 is 9.47 Å². The van der Waals surface area contributed by atoms with E-state index in [0.29, 0.717) is 12.7 Å². The predicted molar refractivity (Wildman–Crippen MR) is 56.8 cm³/mol. The van der Waals surface area contributed by atoms with E-state index in [1.165, 1.54) is 0 Å². The molecule has 0 aromatic heterocycles. The second-order valence-electron chi connectivity index (χ2n) is 3.04. The molecule has 1 aromatic rings. The van der Waals surface area contributed by atoms with Crippen LogP contribution in [-0.2, 0) is 5.88 Å². The normalized spacial score (nSPS) is 13.9. The van der Waals surface area contributed by atoms with Gasteiger partial charge in [-0.2, -0.15) is 0 Å². The highest BCUT2D eigenvalue weighted by molar-refractivity contribution is 6.17. The van der Waals surface area contributed by atoms with Gasteiger partial charge in [0.2, 0.25) is 6.79 Å². The second-order valence-corrected chi connectivity index (χ2v) is 3.31. The van der Waals surface area contributed by atoms with Gasteiger partial charge in [0.05, 0.1) is 0 Å². The standard InChI is InChI=1S/C11H11ClO2/c1-2-3-8-4-10-11(14-7-13-10)5-9(8)6-12/h2-5H,6-7H2,1H3. The molecule has 1 aliphatic heterocycles. The number of halogens is 1. The fourth-order valence-electron chi connectivity index (χ4n) is 1.45. The van der Waals surface area contributed by atoms with E-state index in [0.717, 1.165) is 22.6 Å². The number of benzene rings is 1. The van der Waals surface area contributed by atoms with E-state index in [2.05, 4.69) is 0 Å². The summed E-state index contributed by atoms with van der Waals surface area (Å²) in [5, 5.41) is 0. The molecule has 1 aromatic carbocycles. The summed E-state index contributed by atoms with van der Waals surface area (Å²) < 4.78 is 10.6. The molecule has 0 unspecified atom stereocenters. The smallest absolute Gasteiger partial charge is 0.231 e. The van der Waals surface area contributed by atoms with E-state index >= 15 is 0 Å². The summed E-state index contributed by atoms with van der Waals surface area (Å²) in [6.45, 7) is 2.28. The molecule has 0 bridgehead atoms. The zero-order chi connectivity index (χ0) is 9.97. The maximum atomic E-state index is 5.84. The van der Waals surface area contributed by atoms with Gasteiger partial charge in [-0.1, -0.05) is 12.2 Å². The summed E-state index contributed by atoms with van der Waals surface area (Å²) in [5.41, 5.74) is 2.15. The van der Waals surface area contributed by atoms with Crippen molar-refractivity contribution in [2.45, 2.75) is 12.8 Å². The SMILES string of the molecule is CC=Cc1cc2c(cc1CCl)OCO2. The summed E-state index contributed by atoms with van der Waals surface area (Å²) in [7, 11) is 0. The van der Waals surface area contributed by atoms with Crippen LogP contribution in [0.15, 0.2) is 18.2 Å². The lowest BCUT2D eigenvalue weighted by Gasteiger charge is -2.04. The van der Waals surface area contributed by atoms with Crippen LogP contribution in [-0.4, -0.2) is 6.79 Å². The van der Waals surface area contributed by atoms with Crippen molar-refractivity contribution in [1.29, 1.82) is 0 Å². The largest absolute Gasteiger partial charge is 0.454 e. The first-order chi connectivity index (χ1) is 6.85. The number of hydrogen-bond acceptors (Lipinski definition) is 2. The third-order valence-corrected chi connectivity index (χ3v) is 2.41. The molecule has 0 fully saturated rings. The van der Waals surface area contributed by atoms with Crippen molar-refractivity contribution < 1.29 is 9.47 Å².